The van der Waals surface area contributed by atoms with Crippen molar-refractivity contribution in [2.75, 3.05) is 13.1 Å². The Morgan fingerprint density at radius 1 is 1.08 bits per heavy atom. The molecule has 2 amide bonds. The number of aryl methyl sites for hydroxylation is 1. The normalized spacial score (nSPS) is 11.5. The molecule has 6 heteroatoms. The van der Waals surface area contributed by atoms with Crippen LogP contribution in [0.25, 0.3) is 0 Å². The van der Waals surface area contributed by atoms with Crippen LogP contribution in [0.15, 0.2) is 48.5 Å². The van der Waals surface area contributed by atoms with E-state index < -0.39 is 6.10 Å². The molecule has 2 rings (SSSR count). The molecule has 0 aliphatic heterocycles. The van der Waals surface area contributed by atoms with Crippen molar-refractivity contribution in [3.8, 4) is 5.75 Å². The van der Waals surface area contributed by atoms with E-state index in [1.54, 1.807) is 31.2 Å². The molecule has 2 N–H and O–H groups in total. The monoisotopic (exact) mass is 360 g/mol. The zero-order valence-corrected chi connectivity index (χ0v) is 15.0. The first-order valence-corrected chi connectivity index (χ1v) is 8.38. The zero-order valence-electron chi connectivity index (χ0n) is 14.2. The molecule has 0 saturated heterocycles. The van der Waals surface area contributed by atoms with Gasteiger partial charge in [-0.05, 0) is 55.8 Å². The van der Waals surface area contributed by atoms with E-state index in [2.05, 4.69) is 10.6 Å². The van der Waals surface area contributed by atoms with Gasteiger partial charge in [-0.1, -0.05) is 23.7 Å². The lowest BCUT2D eigenvalue weighted by molar-refractivity contribution is -0.127. The second-order valence-corrected chi connectivity index (χ2v) is 6.07. The lowest BCUT2D eigenvalue weighted by atomic mass is 10.2. The summed E-state index contributed by atoms with van der Waals surface area (Å²) in [4.78, 5) is 23.9. The first kappa shape index (κ1) is 18.8. The first-order valence-electron chi connectivity index (χ1n) is 8.00. The fraction of sp³-hybridized carbons (Fsp3) is 0.263. The second kappa shape index (κ2) is 9.08. The van der Waals surface area contributed by atoms with Crippen molar-refractivity contribution in [1.29, 1.82) is 0 Å². The fourth-order valence-corrected chi connectivity index (χ4v) is 2.28. The van der Waals surface area contributed by atoms with Crippen LogP contribution in [0.3, 0.4) is 0 Å². The third-order valence-electron chi connectivity index (χ3n) is 3.49. The van der Waals surface area contributed by atoms with Crippen LogP contribution in [0, 0.1) is 6.92 Å². The molecule has 2 aromatic rings. The smallest absolute Gasteiger partial charge is 0.260 e. The number of rotatable bonds is 7. The molecule has 1 unspecified atom stereocenters. The SMILES string of the molecule is Cc1cccc(OC(C)C(=O)NCCNC(=O)c2ccc(Cl)cc2)c1. The molecule has 0 radical (unpaired) electrons. The number of hydrogen-bond donors (Lipinski definition) is 2. The van der Waals surface area contributed by atoms with Crippen molar-refractivity contribution in [1.82, 2.24) is 10.6 Å². The minimum atomic E-state index is -0.617. The van der Waals surface area contributed by atoms with E-state index in [9.17, 15) is 9.59 Å². The topological polar surface area (TPSA) is 67.4 Å². The molecular formula is C19H21ClN2O3. The molecule has 0 aliphatic rings. The standard InChI is InChI=1S/C19H21ClN2O3/c1-13-4-3-5-17(12-13)25-14(2)18(23)21-10-11-22-19(24)15-6-8-16(20)9-7-15/h3-9,12,14H,10-11H2,1-2H3,(H,21,23)(H,22,24). The molecule has 5 nitrogen and oxygen atoms in total. The Morgan fingerprint density at radius 2 is 1.76 bits per heavy atom. The maximum absolute atomic E-state index is 12.0. The molecule has 1 atom stereocenters. The lowest BCUT2D eigenvalue weighted by Gasteiger charge is -2.15. The number of nitrogens with one attached hydrogen (secondary N) is 2. The average molecular weight is 361 g/mol. The summed E-state index contributed by atoms with van der Waals surface area (Å²) < 4.78 is 5.60. The molecular weight excluding hydrogens is 340 g/mol. The van der Waals surface area contributed by atoms with Gasteiger partial charge in [0.1, 0.15) is 5.75 Å². The van der Waals surface area contributed by atoms with Gasteiger partial charge in [0.25, 0.3) is 11.8 Å². The maximum atomic E-state index is 12.0. The summed E-state index contributed by atoms with van der Waals surface area (Å²) >= 11 is 5.78. The molecule has 0 saturated carbocycles. The van der Waals surface area contributed by atoms with Crippen LogP contribution in [-0.2, 0) is 4.79 Å². The van der Waals surface area contributed by atoms with Crippen molar-refractivity contribution < 1.29 is 14.3 Å². The van der Waals surface area contributed by atoms with E-state index in [-0.39, 0.29) is 11.8 Å². The highest BCUT2D eigenvalue weighted by Gasteiger charge is 2.14. The van der Waals surface area contributed by atoms with Crippen LogP contribution in [0.2, 0.25) is 5.02 Å². The van der Waals surface area contributed by atoms with E-state index in [1.807, 2.05) is 31.2 Å². The number of carbonyl (C=O) groups is 2. The van der Waals surface area contributed by atoms with Gasteiger partial charge in [-0.3, -0.25) is 9.59 Å². The molecule has 0 aliphatic carbocycles. The van der Waals surface area contributed by atoms with Crippen molar-refractivity contribution in [2.45, 2.75) is 20.0 Å². The summed E-state index contributed by atoms with van der Waals surface area (Å²) in [6, 6.07) is 14.1. The molecule has 132 valence electrons. The van der Waals surface area contributed by atoms with Crippen molar-refractivity contribution in [3.05, 3.63) is 64.7 Å². The van der Waals surface area contributed by atoms with Crippen LogP contribution in [0.1, 0.15) is 22.8 Å². The van der Waals surface area contributed by atoms with E-state index in [4.69, 9.17) is 16.3 Å². The van der Waals surface area contributed by atoms with Gasteiger partial charge in [0.2, 0.25) is 0 Å². The molecule has 25 heavy (non-hydrogen) atoms. The van der Waals surface area contributed by atoms with Gasteiger partial charge < -0.3 is 15.4 Å². The minimum Gasteiger partial charge on any atom is -0.481 e. The van der Waals surface area contributed by atoms with Gasteiger partial charge in [-0.15, -0.1) is 0 Å². The number of benzene rings is 2. The number of hydrogen-bond acceptors (Lipinski definition) is 3. The van der Waals surface area contributed by atoms with E-state index in [1.165, 1.54) is 0 Å². The number of halogens is 1. The Morgan fingerprint density at radius 3 is 2.44 bits per heavy atom. The lowest BCUT2D eigenvalue weighted by Crippen LogP contribution is -2.40. The predicted octanol–water partition coefficient (Wildman–Crippen LogP) is 2.96. The van der Waals surface area contributed by atoms with Crippen LogP contribution in [0.5, 0.6) is 5.75 Å². The van der Waals surface area contributed by atoms with Gasteiger partial charge in [0.15, 0.2) is 6.10 Å². The largest absolute Gasteiger partial charge is 0.481 e. The highest BCUT2D eigenvalue weighted by atomic mass is 35.5. The zero-order chi connectivity index (χ0) is 18.2. The Labute approximate surface area is 152 Å². The Balaban J connectivity index is 1.71. The third-order valence-corrected chi connectivity index (χ3v) is 3.74. The highest BCUT2D eigenvalue weighted by Crippen LogP contribution is 2.14. The number of carbonyl (C=O) groups excluding carboxylic acids is 2. The van der Waals surface area contributed by atoms with Crippen LogP contribution in [0.4, 0.5) is 0 Å². The van der Waals surface area contributed by atoms with Gasteiger partial charge in [-0.25, -0.2) is 0 Å². The fourth-order valence-electron chi connectivity index (χ4n) is 2.16. The van der Waals surface area contributed by atoms with Crippen molar-refractivity contribution in [2.24, 2.45) is 0 Å². The second-order valence-electron chi connectivity index (χ2n) is 5.63. The number of ether oxygens (including phenoxy) is 1. The molecule has 0 heterocycles. The van der Waals surface area contributed by atoms with Crippen LogP contribution >= 0.6 is 11.6 Å². The Bertz CT molecular complexity index is 732. The summed E-state index contributed by atoms with van der Waals surface area (Å²) in [5.74, 6) is 0.205. The van der Waals surface area contributed by atoms with Crippen molar-refractivity contribution in [3.63, 3.8) is 0 Å². The summed E-state index contributed by atoms with van der Waals surface area (Å²) in [5, 5.41) is 6.04. The average Bonchev–Trinajstić information content (AvgIpc) is 2.59. The minimum absolute atomic E-state index is 0.213. The Kier molecular flexibility index (Phi) is 6.83. The van der Waals surface area contributed by atoms with Gasteiger partial charge in [0.05, 0.1) is 0 Å². The van der Waals surface area contributed by atoms with E-state index in [0.29, 0.717) is 29.4 Å². The summed E-state index contributed by atoms with van der Waals surface area (Å²) in [7, 11) is 0. The quantitative estimate of drug-likeness (QED) is 0.746. The summed E-state index contributed by atoms with van der Waals surface area (Å²) in [6.07, 6.45) is -0.617. The molecule has 2 aromatic carbocycles. The van der Waals surface area contributed by atoms with E-state index >= 15 is 0 Å². The maximum Gasteiger partial charge on any atom is 0.260 e. The first-order chi connectivity index (χ1) is 12.0. The molecule has 0 bridgehead atoms. The summed E-state index contributed by atoms with van der Waals surface area (Å²) in [6.45, 7) is 4.29. The van der Waals surface area contributed by atoms with Crippen molar-refractivity contribution >= 4 is 23.4 Å². The van der Waals surface area contributed by atoms with Crippen LogP contribution in [-0.4, -0.2) is 31.0 Å². The number of amides is 2. The van der Waals surface area contributed by atoms with Gasteiger partial charge in [0, 0.05) is 23.7 Å². The molecule has 0 fully saturated rings. The van der Waals surface area contributed by atoms with Gasteiger partial charge in [-0.2, -0.15) is 0 Å². The third kappa shape index (κ3) is 6.12. The predicted molar refractivity (Wildman–Crippen MR) is 98.1 cm³/mol. The summed E-state index contributed by atoms with van der Waals surface area (Å²) in [5.41, 5.74) is 1.59. The molecule has 0 spiro atoms. The van der Waals surface area contributed by atoms with Crippen LogP contribution < -0.4 is 15.4 Å². The van der Waals surface area contributed by atoms with Gasteiger partial charge >= 0.3 is 0 Å². The van der Waals surface area contributed by atoms with E-state index in [0.717, 1.165) is 5.56 Å². The Hall–Kier alpha value is -2.53. The molecule has 0 aromatic heterocycles. The highest BCUT2D eigenvalue weighted by molar-refractivity contribution is 6.30.